The van der Waals surface area contributed by atoms with E-state index < -0.39 is 0 Å². The molecule has 0 unspecified atom stereocenters. The molecule has 0 atom stereocenters. The number of hydrogen-bond acceptors (Lipinski definition) is 7. The van der Waals surface area contributed by atoms with E-state index in [4.69, 9.17) is 22.3 Å². The highest BCUT2D eigenvalue weighted by molar-refractivity contribution is 6.69. The fourth-order valence-corrected chi connectivity index (χ4v) is 4.54. The number of halogens is 2. The van der Waals surface area contributed by atoms with Crippen LogP contribution >= 0.6 is 11.6 Å². The Kier molecular flexibility index (Phi) is 7.30. The predicted octanol–water partition coefficient (Wildman–Crippen LogP) is 4.65. The number of carbonyl (C=O) groups is 1. The molecule has 5 N–H and O–H groups in total. The Labute approximate surface area is 224 Å². The summed E-state index contributed by atoms with van der Waals surface area (Å²) < 4.78 is 15.3. The molecular formula is C28H25ClFN7O. The van der Waals surface area contributed by atoms with E-state index in [0.29, 0.717) is 59.1 Å². The molecule has 0 saturated carbocycles. The lowest BCUT2D eigenvalue weighted by molar-refractivity contribution is 0.0963. The van der Waals surface area contributed by atoms with Crippen LogP contribution in [0.4, 0.5) is 21.7 Å². The number of benzene rings is 2. The second kappa shape index (κ2) is 11.0. The van der Waals surface area contributed by atoms with Gasteiger partial charge in [-0.05, 0) is 60.0 Å². The first kappa shape index (κ1) is 25.3. The third-order valence-electron chi connectivity index (χ3n) is 6.18. The minimum Gasteiger partial charge on any atom is -0.383 e. The van der Waals surface area contributed by atoms with Crippen molar-refractivity contribution in [3.8, 4) is 0 Å². The standard InChI is InChI=1S/C28H25ClFN7O/c1-32-27(38)16-5-8-18(9-6-16)36-28-35-14-17-7-10-19-20(13-24(29)34-15-21(19)26(17)37-28)25-22(30)3-2-4-23(25)33-12-11-31/h2-6,8-10,13-15,33H,7,11-12,31H2,1H3,(H,32,38)(H,35,36,37). The van der Waals surface area contributed by atoms with Crippen molar-refractivity contribution >= 4 is 51.1 Å². The lowest BCUT2D eigenvalue weighted by atomic mass is 9.84. The van der Waals surface area contributed by atoms with Crippen LogP contribution in [0.25, 0.3) is 11.1 Å². The minimum absolute atomic E-state index is 0.166. The topological polar surface area (TPSA) is 117 Å². The third kappa shape index (κ3) is 5.06. The van der Waals surface area contributed by atoms with Crippen molar-refractivity contribution in [3.63, 3.8) is 0 Å². The highest BCUT2D eigenvalue weighted by Crippen LogP contribution is 2.43. The van der Waals surface area contributed by atoms with Gasteiger partial charge in [-0.2, -0.15) is 0 Å². The van der Waals surface area contributed by atoms with E-state index in [-0.39, 0.29) is 16.9 Å². The maximum absolute atomic E-state index is 15.3. The van der Waals surface area contributed by atoms with E-state index in [1.807, 2.05) is 12.1 Å². The second-order valence-electron chi connectivity index (χ2n) is 8.60. The number of rotatable bonds is 7. The largest absolute Gasteiger partial charge is 0.383 e. The SMILES string of the molecule is CNC(=O)c1ccc(Nc2ncc3c(n2)C2=CN=C(Cl)C=C(c4c(F)cccc4NCCN)C2=CC3)cc1. The normalized spacial score (nSPS) is 14.1. The quantitative estimate of drug-likeness (QED) is 0.354. The summed E-state index contributed by atoms with van der Waals surface area (Å²) in [5, 5.41) is 9.21. The molecule has 3 aromatic rings. The molecular weight excluding hydrogens is 505 g/mol. The van der Waals surface area contributed by atoms with Crippen molar-refractivity contribution in [2.75, 3.05) is 30.8 Å². The highest BCUT2D eigenvalue weighted by atomic mass is 35.5. The minimum atomic E-state index is -0.388. The number of hydrogen-bond donors (Lipinski definition) is 4. The molecule has 1 aliphatic heterocycles. The molecule has 10 heteroatoms. The molecule has 1 amide bonds. The second-order valence-corrected chi connectivity index (χ2v) is 8.99. The molecule has 1 aromatic heterocycles. The van der Waals surface area contributed by atoms with Crippen molar-refractivity contribution in [1.29, 1.82) is 0 Å². The van der Waals surface area contributed by atoms with E-state index >= 15 is 4.39 Å². The van der Waals surface area contributed by atoms with Crippen LogP contribution in [0.1, 0.15) is 27.2 Å². The number of aliphatic imine (C=N–C) groups is 1. The fourth-order valence-electron chi connectivity index (χ4n) is 4.38. The number of amides is 1. The van der Waals surface area contributed by atoms with Crippen molar-refractivity contribution in [1.82, 2.24) is 15.3 Å². The number of anilines is 3. The van der Waals surface area contributed by atoms with Gasteiger partial charge < -0.3 is 21.7 Å². The van der Waals surface area contributed by atoms with Gasteiger partial charge in [0.15, 0.2) is 0 Å². The van der Waals surface area contributed by atoms with Crippen LogP contribution in [0.3, 0.4) is 0 Å². The summed E-state index contributed by atoms with van der Waals surface area (Å²) in [4.78, 5) is 25.4. The summed E-state index contributed by atoms with van der Waals surface area (Å²) >= 11 is 6.42. The van der Waals surface area contributed by atoms with E-state index in [9.17, 15) is 4.79 Å². The van der Waals surface area contributed by atoms with Gasteiger partial charge in [-0.3, -0.25) is 4.79 Å². The van der Waals surface area contributed by atoms with Gasteiger partial charge in [0.2, 0.25) is 5.95 Å². The zero-order chi connectivity index (χ0) is 26.6. The molecule has 0 radical (unpaired) electrons. The first-order chi connectivity index (χ1) is 18.5. The zero-order valence-corrected chi connectivity index (χ0v) is 21.3. The number of allylic oxidation sites excluding steroid dienone is 5. The Morgan fingerprint density at radius 1 is 1.13 bits per heavy atom. The number of nitrogens with zero attached hydrogens (tertiary/aromatic N) is 3. The summed E-state index contributed by atoms with van der Waals surface area (Å²) in [6, 6.07) is 11.9. The van der Waals surface area contributed by atoms with E-state index in [0.717, 1.165) is 16.8 Å². The number of nitrogens with two attached hydrogens (primary N) is 1. The summed E-state index contributed by atoms with van der Waals surface area (Å²) in [7, 11) is 1.59. The zero-order valence-electron chi connectivity index (χ0n) is 20.6. The van der Waals surface area contributed by atoms with Crippen molar-refractivity contribution in [3.05, 3.63) is 101 Å². The molecule has 8 nitrogen and oxygen atoms in total. The Hall–Kier alpha value is -4.34. The average Bonchev–Trinajstić information content (AvgIpc) is 3.10. The van der Waals surface area contributed by atoms with E-state index in [1.54, 1.807) is 55.9 Å². The van der Waals surface area contributed by atoms with Crippen molar-refractivity contribution in [2.45, 2.75) is 6.42 Å². The monoisotopic (exact) mass is 529 g/mol. The molecule has 0 spiro atoms. The van der Waals surface area contributed by atoms with Crippen LogP contribution in [0, 0.1) is 5.82 Å². The van der Waals surface area contributed by atoms with Gasteiger partial charge in [0.25, 0.3) is 5.91 Å². The average molecular weight is 530 g/mol. The summed E-state index contributed by atoms with van der Waals surface area (Å²) in [6.45, 7) is 0.891. The van der Waals surface area contributed by atoms with Crippen LogP contribution in [0.15, 0.2) is 77.6 Å². The third-order valence-corrected chi connectivity index (χ3v) is 6.39. The molecule has 2 heterocycles. The van der Waals surface area contributed by atoms with Crippen molar-refractivity contribution < 1.29 is 9.18 Å². The van der Waals surface area contributed by atoms with Crippen LogP contribution in [-0.2, 0) is 6.42 Å². The fraction of sp³-hybridized carbons (Fsp3) is 0.143. The smallest absolute Gasteiger partial charge is 0.251 e. The summed E-state index contributed by atoms with van der Waals surface area (Å²) in [5.41, 5.74) is 11.6. The Bertz CT molecular complexity index is 1530. The molecule has 38 heavy (non-hydrogen) atoms. The van der Waals surface area contributed by atoms with Gasteiger partial charge in [-0.1, -0.05) is 23.7 Å². The van der Waals surface area contributed by atoms with E-state index in [1.165, 1.54) is 6.07 Å². The molecule has 0 saturated heterocycles. The molecule has 2 aromatic carbocycles. The molecule has 2 aliphatic rings. The number of aromatic nitrogens is 2. The first-order valence-corrected chi connectivity index (χ1v) is 12.4. The number of fused-ring (bicyclic) bond motifs is 3. The maximum Gasteiger partial charge on any atom is 0.251 e. The molecule has 192 valence electrons. The summed E-state index contributed by atoms with van der Waals surface area (Å²) in [6.07, 6.45) is 7.64. The number of nitrogens with one attached hydrogen (secondary N) is 3. The first-order valence-electron chi connectivity index (χ1n) is 12.0. The van der Waals surface area contributed by atoms with Crippen molar-refractivity contribution in [2.24, 2.45) is 10.7 Å². The Balaban J connectivity index is 1.51. The van der Waals surface area contributed by atoms with Gasteiger partial charge in [0.05, 0.1) is 5.69 Å². The van der Waals surface area contributed by atoms with Gasteiger partial charge in [0, 0.05) is 66.2 Å². The van der Waals surface area contributed by atoms with Crippen LogP contribution in [0.2, 0.25) is 0 Å². The molecule has 5 rings (SSSR count). The lowest BCUT2D eigenvalue weighted by Crippen LogP contribution is -2.17. The number of carbonyl (C=O) groups excluding carboxylic acids is 1. The Morgan fingerprint density at radius 2 is 1.95 bits per heavy atom. The summed E-state index contributed by atoms with van der Waals surface area (Å²) in [5.74, 6) is -0.180. The van der Waals surface area contributed by atoms with Gasteiger partial charge in [-0.15, -0.1) is 0 Å². The molecule has 1 aliphatic carbocycles. The van der Waals surface area contributed by atoms with Crippen LogP contribution in [0.5, 0.6) is 0 Å². The highest BCUT2D eigenvalue weighted by Gasteiger charge is 2.27. The predicted molar refractivity (Wildman–Crippen MR) is 150 cm³/mol. The maximum atomic E-state index is 15.3. The van der Waals surface area contributed by atoms with E-state index in [2.05, 4.69) is 25.9 Å². The molecule has 0 fully saturated rings. The van der Waals surface area contributed by atoms with Crippen LogP contribution in [-0.4, -0.2) is 41.2 Å². The lowest BCUT2D eigenvalue weighted by Gasteiger charge is -2.23. The van der Waals surface area contributed by atoms with Gasteiger partial charge in [-0.25, -0.2) is 19.4 Å². The Morgan fingerprint density at radius 3 is 2.71 bits per heavy atom. The van der Waals surface area contributed by atoms with Crippen LogP contribution < -0.4 is 21.7 Å². The van der Waals surface area contributed by atoms with Gasteiger partial charge >= 0.3 is 0 Å². The molecule has 0 bridgehead atoms. The van der Waals surface area contributed by atoms with Gasteiger partial charge in [0.1, 0.15) is 11.0 Å².